The molecular formula is C16H14Cl2F3NO3. The summed E-state index contributed by atoms with van der Waals surface area (Å²) in [6, 6.07) is 4.88. The Bertz CT molecular complexity index is 740. The lowest BCUT2D eigenvalue weighted by molar-refractivity contribution is -0.227. The van der Waals surface area contributed by atoms with E-state index in [1.807, 2.05) is 0 Å². The van der Waals surface area contributed by atoms with Crippen molar-refractivity contribution in [1.29, 1.82) is 0 Å². The number of carbonyl (C=O) groups is 2. The molecule has 0 spiro atoms. The number of halogens is 5. The van der Waals surface area contributed by atoms with Crippen LogP contribution in [0.25, 0.3) is 0 Å². The molecule has 4 nitrogen and oxygen atoms in total. The van der Waals surface area contributed by atoms with Gasteiger partial charge < -0.3 is 10.0 Å². The molecule has 2 aliphatic rings. The summed E-state index contributed by atoms with van der Waals surface area (Å²) in [7, 11) is 0. The van der Waals surface area contributed by atoms with Gasteiger partial charge in [-0.05, 0) is 36.5 Å². The molecule has 1 saturated heterocycles. The summed E-state index contributed by atoms with van der Waals surface area (Å²) >= 11 is 11.9. The Morgan fingerprint density at radius 2 is 1.96 bits per heavy atom. The number of carboxylic acid groups (broad SMARTS) is 1. The Morgan fingerprint density at radius 3 is 2.48 bits per heavy atom. The predicted octanol–water partition coefficient (Wildman–Crippen LogP) is 3.96. The maximum absolute atomic E-state index is 13.2. The highest BCUT2D eigenvalue weighted by molar-refractivity contribution is 6.35. The van der Waals surface area contributed by atoms with Crippen molar-refractivity contribution >= 4 is 35.1 Å². The topological polar surface area (TPSA) is 57.6 Å². The summed E-state index contributed by atoms with van der Waals surface area (Å²) in [6.45, 7) is -1.07. The van der Waals surface area contributed by atoms with Crippen LogP contribution in [0, 0.1) is 11.3 Å². The molecule has 9 heteroatoms. The zero-order valence-electron chi connectivity index (χ0n) is 12.8. The van der Waals surface area contributed by atoms with Gasteiger partial charge in [-0.1, -0.05) is 29.3 Å². The number of amides is 1. The molecule has 1 aliphatic carbocycles. The molecule has 0 aromatic heterocycles. The molecule has 2 fully saturated rings. The molecule has 1 amide bonds. The lowest BCUT2D eigenvalue weighted by atomic mass is 9.86. The second-order valence-electron chi connectivity index (χ2n) is 6.51. The number of hydrogen-bond donors (Lipinski definition) is 1. The number of alkyl halides is 3. The summed E-state index contributed by atoms with van der Waals surface area (Å²) in [5, 5.41) is 9.92. The van der Waals surface area contributed by atoms with Crippen LogP contribution < -0.4 is 0 Å². The van der Waals surface area contributed by atoms with Crippen LogP contribution in [-0.2, 0) is 9.59 Å². The van der Waals surface area contributed by atoms with Crippen LogP contribution in [0.5, 0.6) is 0 Å². The number of benzene rings is 1. The van der Waals surface area contributed by atoms with Crippen molar-refractivity contribution in [2.24, 2.45) is 11.3 Å². The Kier molecular flexibility index (Phi) is 4.44. The molecule has 0 bridgehead atoms. The molecule has 0 radical (unpaired) electrons. The van der Waals surface area contributed by atoms with Crippen LogP contribution in [0.2, 0.25) is 10.0 Å². The van der Waals surface area contributed by atoms with Gasteiger partial charge in [-0.25, -0.2) is 0 Å². The van der Waals surface area contributed by atoms with Crippen LogP contribution in [-0.4, -0.2) is 41.1 Å². The van der Waals surface area contributed by atoms with Gasteiger partial charge >= 0.3 is 12.1 Å². The lowest BCUT2D eigenvalue weighted by Gasteiger charge is -2.27. The Morgan fingerprint density at radius 1 is 1.28 bits per heavy atom. The van der Waals surface area contributed by atoms with Crippen molar-refractivity contribution in [3.05, 3.63) is 33.8 Å². The van der Waals surface area contributed by atoms with Gasteiger partial charge in [0.2, 0.25) is 5.91 Å². The molecule has 1 aromatic carbocycles. The maximum atomic E-state index is 13.2. The summed E-state index contributed by atoms with van der Waals surface area (Å²) in [5.41, 5.74) is -2.16. The summed E-state index contributed by atoms with van der Waals surface area (Å²) in [5.74, 6) is -3.05. The SMILES string of the molecule is O=C(C1CC1c1ccc(Cl)cc1Cl)N1CCC(C(=O)O)(C(F)(F)F)C1. The van der Waals surface area contributed by atoms with E-state index in [1.165, 1.54) is 0 Å². The predicted molar refractivity (Wildman–Crippen MR) is 84.6 cm³/mol. The second kappa shape index (κ2) is 6.06. The van der Waals surface area contributed by atoms with E-state index in [0.717, 1.165) is 10.5 Å². The van der Waals surface area contributed by atoms with Gasteiger partial charge in [-0.2, -0.15) is 13.2 Å². The fourth-order valence-corrected chi connectivity index (χ4v) is 3.92. The molecule has 136 valence electrons. The van der Waals surface area contributed by atoms with Crippen molar-refractivity contribution in [2.45, 2.75) is 24.9 Å². The average molecular weight is 396 g/mol. The molecule has 1 aliphatic heterocycles. The van der Waals surface area contributed by atoms with Gasteiger partial charge in [0.05, 0.1) is 0 Å². The third-order valence-corrected chi connectivity index (χ3v) is 5.56. The first-order valence-corrected chi connectivity index (χ1v) is 8.36. The molecule has 1 heterocycles. The Hall–Kier alpha value is -1.47. The van der Waals surface area contributed by atoms with Crippen LogP contribution in [0.4, 0.5) is 13.2 Å². The van der Waals surface area contributed by atoms with Crippen molar-refractivity contribution in [2.75, 3.05) is 13.1 Å². The zero-order chi connectivity index (χ0) is 18.6. The molecular weight excluding hydrogens is 382 g/mol. The third kappa shape index (κ3) is 3.08. The minimum absolute atomic E-state index is 0.178. The van der Waals surface area contributed by atoms with E-state index in [1.54, 1.807) is 18.2 Å². The van der Waals surface area contributed by atoms with E-state index in [-0.39, 0.29) is 12.5 Å². The zero-order valence-corrected chi connectivity index (χ0v) is 14.3. The van der Waals surface area contributed by atoms with E-state index in [0.29, 0.717) is 16.5 Å². The minimum atomic E-state index is -4.91. The van der Waals surface area contributed by atoms with Gasteiger partial charge in [0.1, 0.15) is 0 Å². The van der Waals surface area contributed by atoms with Crippen molar-refractivity contribution in [3.63, 3.8) is 0 Å². The normalized spacial score (nSPS) is 28.9. The first-order valence-electron chi connectivity index (χ1n) is 7.61. The van der Waals surface area contributed by atoms with Crippen molar-refractivity contribution < 1.29 is 27.9 Å². The number of carboxylic acids is 1. The minimum Gasteiger partial charge on any atom is -0.481 e. The second-order valence-corrected chi connectivity index (χ2v) is 7.35. The standard InChI is InChI=1S/C16H14Cl2F3NO3/c17-8-1-2-9(12(18)5-8)10-6-11(10)13(23)22-4-3-15(7-22,14(24)25)16(19,20)21/h1-2,5,10-11H,3-4,6-7H2,(H,24,25). The fourth-order valence-electron chi connectivity index (χ4n) is 3.37. The number of rotatable bonds is 3. The molecule has 3 rings (SSSR count). The first kappa shape index (κ1) is 18.3. The highest BCUT2D eigenvalue weighted by Gasteiger charge is 2.65. The quantitative estimate of drug-likeness (QED) is 0.842. The monoisotopic (exact) mass is 395 g/mol. The Labute approximate surface area is 151 Å². The van der Waals surface area contributed by atoms with Gasteiger partial charge in [0.15, 0.2) is 5.41 Å². The number of likely N-dealkylation sites (tertiary alicyclic amines) is 1. The first-order chi connectivity index (χ1) is 11.6. The molecule has 25 heavy (non-hydrogen) atoms. The number of hydrogen-bond acceptors (Lipinski definition) is 2. The number of carbonyl (C=O) groups excluding carboxylic acids is 1. The summed E-state index contributed by atoms with van der Waals surface area (Å²) in [4.78, 5) is 24.7. The van der Waals surface area contributed by atoms with E-state index in [2.05, 4.69) is 0 Å². The summed E-state index contributed by atoms with van der Waals surface area (Å²) in [6.07, 6.45) is -5.06. The highest BCUT2D eigenvalue weighted by atomic mass is 35.5. The number of nitrogens with zero attached hydrogens (tertiary/aromatic N) is 1. The van der Waals surface area contributed by atoms with E-state index >= 15 is 0 Å². The van der Waals surface area contributed by atoms with E-state index < -0.39 is 42.4 Å². The van der Waals surface area contributed by atoms with Gasteiger partial charge in [0, 0.05) is 29.1 Å². The highest BCUT2D eigenvalue weighted by Crippen LogP contribution is 2.52. The van der Waals surface area contributed by atoms with Crippen molar-refractivity contribution in [3.8, 4) is 0 Å². The van der Waals surface area contributed by atoms with Crippen LogP contribution in [0.3, 0.4) is 0 Å². The van der Waals surface area contributed by atoms with E-state index in [4.69, 9.17) is 28.3 Å². The molecule has 3 atom stereocenters. The average Bonchev–Trinajstić information content (AvgIpc) is 3.13. The largest absolute Gasteiger partial charge is 0.481 e. The van der Waals surface area contributed by atoms with Gasteiger partial charge in [0.25, 0.3) is 0 Å². The smallest absolute Gasteiger partial charge is 0.406 e. The third-order valence-electron chi connectivity index (χ3n) is 5.00. The van der Waals surface area contributed by atoms with Crippen LogP contribution in [0.1, 0.15) is 24.3 Å². The molecule has 1 aromatic rings. The molecule has 3 unspecified atom stereocenters. The van der Waals surface area contributed by atoms with Crippen molar-refractivity contribution in [1.82, 2.24) is 4.90 Å². The maximum Gasteiger partial charge on any atom is 0.406 e. The summed E-state index contributed by atoms with van der Waals surface area (Å²) < 4.78 is 39.6. The molecule has 1 N–H and O–H groups in total. The van der Waals surface area contributed by atoms with E-state index in [9.17, 15) is 22.8 Å². The Balaban J connectivity index is 1.73. The lowest BCUT2D eigenvalue weighted by Crippen LogP contribution is -2.48. The molecule has 1 saturated carbocycles. The van der Waals surface area contributed by atoms with Crippen LogP contribution >= 0.6 is 23.2 Å². The van der Waals surface area contributed by atoms with Crippen LogP contribution in [0.15, 0.2) is 18.2 Å². The van der Waals surface area contributed by atoms with Gasteiger partial charge in [-0.15, -0.1) is 0 Å². The number of aliphatic carboxylic acids is 1. The van der Waals surface area contributed by atoms with Gasteiger partial charge in [-0.3, -0.25) is 9.59 Å². The fraction of sp³-hybridized carbons (Fsp3) is 0.500.